The van der Waals surface area contributed by atoms with Crippen LogP contribution in [0.2, 0.25) is 0 Å². The Bertz CT molecular complexity index is 903. The monoisotopic (exact) mass is 520 g/mol. The molecular weight excluding hydrogens is 476 g/mol. The minimum Gasteiger partial charge on any atom is -0.508 e. The van der Waals surface area contributed by atoms with Crippen LogP contribution < -0.4 is 21.7 Å². The van der Waals surface area contributed by atoms with E-state index in [1.54, 1.807) is 12.1 Å². The van der Waals surface area contributed by atoms with E-state index in [-0.39, 0.29) is 36.3 Å². The molecule has 0 saturated carbocycles. The topological polar surface area (TPSA) is 171 Å². The molecule has 208 valence electrons. The Balaban J connectivity index is 2.99. The van der Waals surface area contributed by atoms with Crippen LogP contribution in [0.4, 0.5) is 0 Å². The van der Waals surface area contributed by atoms with E-state index in [0.29, 0.717) is 12.8 Å². The van der Waals surface area contributed by atoms with Crippen LogP contribution in [0.3, 0.4) is 0 Å². The maximum atomic E-state index is 13.3. The summed E-state index contributed by atoms with van der Waals surface area (Å²) >= 11 is 0. The van der Waals surface area contributed by atoms with Crippen molar-refractivity contribution in [3.63, 3.8) is 0 Å². The largest absolute Gasteiger partial charge is 0.508 e. The van der Waals surface area contributed by atoms with Crippen LogP contribution in [-0.4, -0.2) is 58.1 Å². The average molecular weight is 521 g/mol. The predicted molar refractivity (Wildman–Crippen MR) is 142 cm³/mol. The number of hydrogen-bond acceptors (Lipinski definition) is 6. The predicted octanol–water partition coefficient (Wildman–Crippen LogP) is 1.94. The molecule has 0 spiro atoms. The molecular formula is C27H44N4O6. The summed E-state index contributed by atoms with van der Waals surface area (Å²) in [7, 11) is 0. The van der Waals surface area contributed by atoms with E-state index in [4.69, 9.17) is 5.73 Å². The molecule has 1 rings (SSSR count). The molecule has 3 amide bonds. The van der Waals surface area contributed by atoms with Crippen molar-refractivity contribution in [1.82, 2.24) is 16.0 Å². The van der Waals surface area contributed by atoms with Crippen LogP contribution in [0.15, 0.2) is 24.3 Å². The van der Waals surface area contributed by atoms with Crippen molar-refractivity contribution >= 4 is 23.7 Å². The number of rotatable bonds is 15. The highest BCUT2D eigenvalue weighted by Crippen LogP contribution is 2.14. The lowest BCUT2D eigenvalue weighted by Gasteiger charge is -2.28. The number of amides is 3. The zero-order chi connectivity index (χ0) is 28.3. The number of hydrogen-bond donors (Lipinski definition) is 6. The normalized spacial score (nSPS) is 15.4. The van der Waals surface area contributed by atoms with Crippen molar-refractivity contribution in [1.29, 1.82) is 0 Å². The number of benzene rings is 1. The van der Waals surface area contributed by atoms with Gasteiger partial charge in [0.05, 0.1) is 6.04 Å². The fourth-order valence-electron chi connectivity index (χ4n) is 3.87. The van der Waals surface area contributed by atoms with E-state index in [0.717, 1.165) is 5.56 Å². The molecule has 0 saturated heterocycles. The van der Waals surface area contributed by atoms with Crippen LogP contribution in [0.5, 0.6) is 5.75 Å². The third-order valence-corrected chi connectivity index (χ3v) is 6.18. The van der Waals surface area contributed by atoms with E-state index in [9.17, 15) is 29.4 Å². The summed E-state index contributed by atoms with van der Waals surface area (Å²) in [5.74, 6) is -2.81. The Morgan fingerprint density at radius 1 is 0.811 bits per heavy atom. The maximum absolute atomic E-state index is 13.3. The van der Waals surface area contributed by atoms with Gasteiger partial charge in [-0.2, -0.15) is 0 Å². The average Bonchev–Trinajstić information content (AvgIpc) is 2.81. The molecule has 37 heavy (non-hydrogen) atoms. The molecule has 0 aromatic heterocycles. The molecule has 5 atom stereocenters. The van der Waals surface area contributed by atoms with E-state index < -0.39 is 47.9 Å². The maximum Gasteiger partial charge on any atom is 0.326 e. The van der Waals surface area contributed by atoms with Gasteiger partial charge in [0.15, 0.2) is 0 Å². The molecule has 1 aromatic rings. The number of carboxylic acid groups (broad SMARTS) is 1. The first kappa shape index (κ1) is 31.9. The highest BCUT2D eigenvalue weighted by Gasteiger charge is 2.33. The van der Waals surface area contributed by atoms with Gasteiger partial charge in [-0.1, -0.05) is 60.1 Å². The molecule has 0 aliphatic carbocycles. The molecule has 7 N–H and O–H groups in total. The number of carbonyl (C=O) groups excluding carboxylic acids is 3. The van der Waals surface area contributed by atoms with Gasteiger partial charge in [-0.15, -0.1) is 0 Å². The van der Waals surface area contributed by atoms with Crippen molar-refractivity contribution in [2.45, 2.75) is 91.4 Å². The smallest absolute Gasteiger partial charge is 0.326 e. The Kier molecular flexibility index (Phi) is 13.1. The van der Waals surface area contributed by atoms with Crippen LogP contribution in [0, 0.1) is 17.8 Å². The molecule has 0 radical (unpaired) electrons. The van der Waals surface area contributed by atoms with Crippen molar-refractivity contribution in [2.24, 2.45) is 23.5 Å². The fourth-order valence-corrected chi connectivity index (χ4v) is 3.87. The number of carbonyl (C=O) groups is 4. The molecule has 0 aliphatic rings. The van der Waals surface area contributed by atoms with Gasteiger partial charge in [0.25, 0.3) is 0 Å². The molecule has 1 aromatic carbocycles. The summed E-state index contributed by atoms with van der Waals surface area (Å²) in [4.78, 5) is 50.8. The van der Waals surface area contributed by atoms with E-state index in [1.165, 1.54) is 12.1 Å². The molecule has 10 heteroatoms. The Morgan fingerprint density at radius 2 is 1.32 bits per heavy atom. The lowest BCUT2D eigenvalue weighted by molar-refractivity contribution is -0.143. The summed E-state index contributed by atoms with van der Waals surface area (Å²) in [5.41, 5.74) is 6.85. The number of phenolic OH excluding ortho intramolecular Hbond substituents is 1. The summed E-state index contributed by atoms with van der Waals surface area (Å²) in [6, 6.07) is 2.46. The SMILES string of the molecule is CCC(C)C(NC(=O)C(N)Cc1ccc(O)cc1)C(=O)NC(CC(C)C)C(=O)NC(CC(C)C)C(=O)O. The number of nitrogens with one attached hydrogen (secondary N) is 3. The Morgan fingerprint density at radius 3 is 1.81 bits per heavy atom. The van der Waals surface area contributed by atoms with Gasteiger partial charge < -0.3 is 31.9 Å². The second kappa shape index (κ2) is 15.2. The minimum absolute atomic E-state index is 0.0415. The summed E-state index contributed by atoms with van der Waals surface area (Å²) in [6.45, 7) is 11.2. The van der Waals surface area contributed by atoms with Gasteiger partial charge in [-0.25, -0.2) is 4.79 Å². The lowest BCUT2D eigenvalue weighted by Crippen LogP contribution is -2.59. The number of carboxylic acids is 1. The van der Waals surface area contributed by atoms with Gasteiger partial charge >= 0.3 is 5.97 Å². The van der Waals surface area contributed by atoms with Crippen molar-refractivity contribution < 1.29 is 29.4 Å². The zero-order valence-corrected chi connectivity index (χ0v) is 22.8. The fraction of sp³-hybridized carbons (Fsp3) is 0.630. The number of phenols is 1. The number of aromatic hydroxyl groups is 1. The third-order valence-electron chi connectivity index (χ3n) is 6.18. The zero-order valence-electron chi connectivity index (χ0n) is 22.8. The second-order valence-corrected chi connectivity index (χ2v) is 10.6. The standard InChI is InChI=1S/C27H44N4O6/c1-7-17(6)23(31-24(33)20(28)14-18-8-10-19(32)11-9-18)26(35)29-21(12-15(2)3)25(34)30-22(27(36)37)13-16(4)5/h8-11,15-17,20-23,32H,7,12-14,28H2,1-6H3,(H,29,35)(H,30,34)(H,31,33)(H,36,37). The van der Waals surface area contributed by atoms with Crippen molar-refractivity contribution in [3.8, 4) is 5.75 Å². The molecule has 0 fully saturated rings. The quantitative estimate of drug-likeness (QED) is 0.205. The van der Waals surface area contributed by atoms with E-state index >= 15 is 0 Å². The van der Waals surface area contributed by atoms with Gasteiger partial charge in [-0.3, -0.25) is 14.4 Å². The summed E-state index contributed by atoms with van der Waals surface area (Å²) in [5, 5.41) is 27.0. The van der Waals surface area contributed by atoms with Crippen LogP contribution in [0.25, 0.3) is 0 Å². The highest BCUT2D eigenvalue weighted by molar-refractivity contribution is 5.94. The minimum atomic E-state index is -1.14. The van der Waals surface area contributed by atoms with E-state index in [1.807, 2.05) is 41.5 Å². The van der Waals surface area contributed by atoms with Gasteiger partial charge in [0, 0.05) is 0 Å². The highest BCUT2D eigenvalue weighted by atomic mass is 16.4. The molecule has 10 nitrogen and oxygen atoms in total. The third kappa shape index (κ3) is 11.2. The van der Waals surface area contributed by atoms with Crippen LogP contribution >= 0.6 is 0 Å². The number of nitrogens with two attached hydrogens (primary N) is 1. The Hall–Kier alpha value is -3.14. The van der Waals surface area contributed by atoms with Crippen molar-refractivity contribution in [3.05, 3.63) is 29.8 Å². The first-order valence-electron chi connectivity index (χ1n) is 12.9. The van der Waals surface area contributed by atoms with Crippen LogP contribution in [0.1, 0.15) is 66.4 Å². The van der Waals surface area contributed by atoms with E-state index in [2.05, 4.69) is 16.0 Å². The molecule has 0 bridgehead atoms. The lowest BCUT2D eigenvalue weighted by atomic mass is 9.95. The van der Waals surface area contributed by atoms with Crippen molar-refractivity contribution in [2.75, 3.05) is 0 Å². The van der Waals surface area contributed by atoms with Gasteiger partial charge in [0.2, 0.25) is 17.7 Å². The molecule has 5 unspecified atom stereocenters. The first-order valence-corrected chi connectivity index (χ1v) is 12.9. The van der Waals surface area contributed by atoms with Crippen LogP contribution in [-0.2, 0) is 25.6 Å². The van der Waals surface area contributed by atoms with Gasteiger partial charge in [-0.05, 0) is 54.7 Å². The first-order chi connectivity index (χ1) is 17.2. The molecule has 0 heterocycles. The summed E-state index contributed by atoms with van der Waals surface area (Å²) in [6.07, 6.45) is 1.36. The summed E-state index contributed by atoms with van der Waals surface area (Å²) < 4.78 is 0. The number of aliphatic carboxylic acids is 1. The molecule has 0 aliphatic heterocycles. The Labute approximate surface area is 219 Å². The van der Waals surface area contributed by atoms with Gasteiger partial charge in [0.1, 0.15) is 23.9 Å². The second-order valence-electron chi connectivity index (χ2n) is 10.6.